The number of aryl methyl sites for hydroxylation is 3. The molecule has 0 spiro atoms. The maximum atomic E-state index is 13.5. The molecule has 1 fully saturated rings. The maximum absolute atomic E-state index is 13.5. The first-order valence-corrected chi connectivity index (χ1v) is 11.1. The Kier molecular flexibility index (Phi) is 5.94. The van der Waals surface area contributed by atoms with Crippen LogP contribution in [0.1, 0.15) is 88.5 Å². The highest BCUT2D eigenvalue weighted by Crippen LogP contribution is 2.35. The van der Waals surface area contributed by atoms with Gasteiger partial charge in [-0.2, -0.15) is 0 Å². The predicted molar refractivity (Wildman–Crippen MR) is 121 cm³/mol. The summed E-state index contributed by atoms with van der Waals surface area (Å²) in [6.45, 7) is 10.8. The van der Waals surface area contributed by atoms with Crippen molar-refractivity contribution in [2.24, 2.45) is 0 Å². The van der Waals surface area contributed by atoms with E-state index in [1.54, 1.807) is 0 Å². The lowest BCUT2D eigenvalue weighted by Gasteiger charge is -2.25. The normalized spacial score (nSPS) is 16.3. The number of amides is 1. The zero-order chi connectivity index (χ0) is 22.1. The van der Waals surface area contributed by atoms with Gasteiger partial charge in [0, 0.05) is 12.2 Å². The van der Waals surface area contributed by atoms with Crippen LogP contribution in [0.2, 0.25) is 0 Å². The minimum atomic E-state index is -0.0164. The number of aromatic nitrogens is 2. The first-order chi connectivity index (χ1) is 14.8. The van der Waals surface area contributed by atoms with Gasteiger partial charge in [0.1, 0.15) is 11.3 Å². The Balaban J connectivity index is 1.65. The van der Waals surface area contributed by atoms with E-state index in [1.807, 2.05) is 32.6 Å². The Morgan fingerprint density at radius 1 is 1.19 bits per heavy atom. The summed E-state index contributed by atoms with van der Waals surface area (Å²) in [5.41, 5.74) is 7.18. The Morgan fingerprint density at radius 2 is 1.97 bits per heavy atom. The van der Waals surface area contributed by atoms with E-state index in [0.29, 0.717) is 11.3 Å². The quantitative estimate of drug-likeness (QED) is 0.535. The number of hydrogen-bond acceptors (Lipinski definition) is 4. The van der Waals surface area contributed by atoms with Crippen molar-refractivity contribution in [3.63, 3.8) is 0 Å². The summed E-state index contributed by atoms with van der Waals surface area (Å²) in [5.74, 6) is 0.737. The van der Waals surface area contributed by atoms with Crippen LogP contribution in [0.3, 0.4) is 0 Å². The van der Waals surface area contributed by atoms with Crippen molar-refractivity contribution in [1.29, 1.82) is 0 Å². The van der Waals surface area contributed by atoms with Crippen molar-refractivity contribution in [3.05, 3.63) is 81.5 Å². The molecule has 0 N–H and O–H groups in total. The van der Waals surface area contributed by atoms with Crippen LogP contribution in [0.4, 0.5) is 0 Å². The summed E-state index contributed by atoms with van der Waals surface area (Å²) in [6, 6.07) is 12.8. The van der Waals surface area contributed by atoms with Crippen LogP contribution in [0.15, 0.2) is 40.9 Å². The van der Waals surface area contributed by atoms with Gasteiger partial charge in [-0.3, -0.25) is 9.78 Å². The highest BCUT2D eigenvalue weighted by atomic mass is 16.5. The zero-order valence-electron chi connectivity index (χ0n) is 19.1. The lowest BCUT2D eigenvalue weighted by Crippen LogP contribution is -2.32. The fourth-order valence-electron chi connectivity index (χ4n) is 4.57. The highest BCUT2D eigenvalue weighted by molar-refractivity contribution is 5.96. The molecule has 4 rings (SSSR count). The average molecular weight is 418 g/mol. The third kappa shape index (κ3) is 4.27. The molecule has 1 saturated heterocycles. The van der Waals surface area contributed by atoms with Gasteiger partial charge >= 0.3 is 0 Å². The van der Waals surface area contributed by atoms with E-state index >= 15 is 0 Å². The Bertz CT molecular complexity index is 1100. The smallest absolute Gasteiger partial charge is 0.259 e. The number of carbonyl (C=O) groups is 1. The van der Waals surface area contributed by atoms with Gasteiger partial charge in [0.05, 0.1) is 17.4 Å². The molecule has 31 heavy (non-hydrogen) atoms. The molecule has 0 aliphatic carbocycles. The van der Waals surface area contributed by atoms with Gasteiger partial charge in [-0.05, 0) is 74.8 Å². The molecule has 3 aromatic rings. The Morgan fingerprint density at radius 3 is 2.71 bits per heavy atom. The second-order valence-corrected chi connectivity index (χ2v) is 8.96. The number of pyridine rings is 1. The molecule has 0 saturated carbocycles. The molecule has 5 heteroatoms. The molecule has 1 amide bonds. The Hall–Kier alpha value is -2.95. The third-order valence-corrected chi connectivity index (χ3v) is 6.19. The van der Waals surface area contributed by atoms with Crippen molar-refractivity contribution in [3.8, 4) is 0 Å². The van der Waals surface area contributed by atoms with Crippen LogP contribution < -0.4 is 0 Å². The van der Waals surface area contributed by atoms with Crippen molar-refractivity contribution >= 4 is 5.91 Å². The van der Waals surface area contributed by atoms with E-state index in [4.69, 9.17) is 9.51 Å². The van der Waals surface area contributed by atoms with Gasteiger partial charge in [0.15, 0.2) is 0 Å². The lowest BCUT2D eigenvalue weighted by atomic mass is 9.98. The van der Waals surface area contributed by atoms with Crippen molar-refractivity contribution < 1.29 is 9.32 Å². The molecular weight excluding hydrogens is 386 g/mol. The van der Waals surface area contributed by atoms with Gasteiger partial charge in [-0.15, -0.1) is 0 Å². The summed E-state index contributed by atoms with van der Waals surface area (Å²) in [6.07, 6.45) is 2.76. The van der Waals surface area contributed by atoms with Gasteiger partial charge in [0.2, 0.25) is 0 Å². The van der Waals surface area contributed by atoms with E-state index in [-0.39, 0.29) is 17.9 Å². The van der Waals surface area contributed by atoms with Crippen LogP contribution in [0.25, 0.3) is 0 Å². The fraction of sp³-hybridized carbons (Fsp3) is 0.423. The molecular formula is C26H31N3O2. The monoisotopic (exact) mass is 417 g/mol. The summed E-state index contributed by atoms with van der Waals surface area (Å²) >= 11 is 0. The highest BCUT2D eigenvalue weighted by Gasteiger charge is 2.35. The van der Waals surface area contributed by atoms with E-state index in [1.165, 1.54) is 16.7 Å². The molecule has 5 nitrogen and oxygen atoms in total. The minimum absolute atomic E-state index is 0.00806. The third-order valence-electron chi connectivity index (χ3n) is 6.19. The SMILES string of the molecule is Cc1cc(Cc2ccccc2C)cc(C2CCCN2C(=O)c2c(C(C)C)noc2C)n1. The first-order valence-electron chi connectivity index (χ1n) is 11.1. The first kappa shape index (κ1) is 21.3. The summed E-state index contributed by atoms with van der Waals surface area (Å²) < 4.78 is 5.38. The van der Waals surface area contributed by atoms with Gasteiger partial charge < -0.3 is 9.42 Å². The van der Waals surface area contributed by atoms with Gasteiger partial charge in [-0.25, -0.2) is 0 Å². The minimum Gasteiger partial charge on any atom is -0.361 e. The van der Waals surface area contributed by atoms with E-state index < -0.39 is 0 Å². The number of nitrogens with zero attached hydrogens (tertiary/aromatic N) is 3. The second-order valence-electron chi connectivity index (χ2n) is 8.96. The standard InChI is InChI=1S/C26H31N3O2/c1-16(2)25-24(19(5)31-28-25)26(30)29-12-8-11-23(29)22-15-20(13-18(4)27-22)14-21-10-7-6-9-17(21)3/h6-7,9-10,13,15-16,23H,8,11-12,14H2,1-5H3. The molecule has 1 aliphatic heterocycles. The van der Waals surface area contributed by atoms with Gasteiger partial charge in [0.25, 0.3) is 5.91 Å². The summed E-state index contributed by atoms with van der Waals surface area (Å²) in [7, 11) is 0. The lowest BCUT2D eigenvalue weighted by molar-refractivity contribution is 0.0729. The van der Waals surface area contributed by atoms with Gasteiger partial charge in [-0.1, -0.05) is 43.3 Å². The molecule has 0 bridgehead atoms. The zero-order valence-corrected chi connectivity index (χ0v) is 19.1. The summed E-state index contributed by atoms with van der Waals surface area (Å²) in [4.78, 5) is 20.3. The molecule has 1 aliphatic rings. The van der Waals surface area contributed by atoms with Crippen LogP contribution in [-0.2, 0) is 6.42 Å². The van der Waals surface area contributed by atoms with Crippen LogP contribution >= 0.6 is 0 Å². The average Bonchev–Trinajstić information content (AvgIpc) is 3.36. The number of benzene rings is 1. The molecule has 162 valence electrons. The fourth-order valence-corrected chi connectivity index (χ4v) is 4.57. The Labute approximate surface area is 184 Å². The van der Waals surface area contributed by atoms with Crippen molar-refractivity contribution in [2.45, 2.75) is 65.8 Å². The molecule has 2 aromatic heterocycles. The second kappa shape index (κ2) is 8.66. The van der Waals surface area contributed by atoms with Crippen LogP contribution in [0, 0.1) is 20.8 Å². The molecule has 1 unspecified atom stereocenters. The van der Waals surface area contributed by atoms with Crippen molar-refractivity contribution in [1.82, 2.24) is 15.0 Å². The number of likely N-dealkylation sites (tertiary alicyclic amines) is 1. The number of hydrogen-bond donors (Lipinski definition) is 0. The van der Waals surface area contributed by atoms with Crippen molar-refractivity contribution in [2.75, 3.05) is 6.54 Å². The molecule has 0 radical (unpaired) electrons. The molecule has 1 atom stereocenters. The number of rotatable bonds is 5. The number of carbonyl (C=O) groups excluding carboxylic acids is 1. The molecule has 1 aromatic carbocycles. The maximum Gasteiger partial charge on any atom is 0.259 e. The largest absolute Gasteiger partial charge is 0.361 e. The van der Waals surface area contributed by atoms with E-state index in [2.05, 4.69) is 48.5 Å². The topological polar surface area (TPSA) is 59.2 Å². The van der Waals surface area contributed by atoms with Crippen LogP contribution in [0.5, 0.6) is 0 Å². The van der Waals surface area contributed by atoms with E-state index in [9.17, 15) is 4.79 Å². The molecule has 3 heterocycles. The van der Waals surface area contributed by atoms with E-state index in [0.717, 1.165) is 42.9 Å². The predicted octanol–water partition coefficient (Wildman–Crippen LogP) is 5.69. The summed E-state index contributed by atoms with van der Waals surface area (Å²) in [5, 5.41) is 4.15. The van der Waals surface area contributed by atoms with Crippen LogP contribution in [-0.4, -0.2) is 27.5 Å².